The van der Waals surface area contributed by atoms with Crippen molar-refractivity contribution in [3.05, 3.63) is 65.0 Å². The maximum absolute atomic E-state index is 13.2. The van der Waals surface area contributed by atoms with Crippen LogP contribution in [0.4, 0.5) is 10.1 Å². The van der Waals surface area contributed by atoms with E-state index in [1.54, 1.807) is 12.1 Å². The van der Waals surface area contributed by atoms with Gasteiger partial charge in [-0.05, 0) is 80.5 Å². The summed E-state index contributed by atoms with van der Waals surface area (Å²) in [6.45, 7) is 3.20. The largest absolute Gasteiger partial charge is 0.365 e. The normalized spacial score (nSPS) is 25.3. The number of hydrogen-bond donors (Lipinski definition) is 1. The molecule has 1 saturated heterocycles. The number of carbonyl (C=O) groups is 1. The monoisotopic (exact) mass is 392 g/mol. The van der Waals surface area contributed by atoms with Crippen molar-refractivity contribution in [2.24, 2.45) is 0 Å². The van der Waals surface area contributed by atoms with Gasteiger partial charge in [-0.3, -0.25) is 4.79 Å². The number of anilines is 1. The second-order valence-electron chi connectivity index (χ2n) is 8.86. The van der Waals surface area contributed by atoms with Crippen molar-refractivity contribution in [2.45, 2.75) is 56.4 Å². The molecule has 0 spiro atoms. The van der Waals surface area contributed by atoms with Crippen LogP contribution in [0.3, 0.4) is 0 Å². The van der Waals surface area contributed by atoms with E-state index in [1.165, 1.54) is 48.2 Å². The third-order valence-corrected chi connectivity index (χ3v) is 7.32. The lowest BCUT2D eigenvalue weighted by molar-refractivity contribution is 0.0974. The van der Waals surface area contributed by atoms with E-state index in [-0.39, 0.29) is 17.1 Å². The fourth-order valence-electron chi connectivity index (χ4n) is 5.97. The average Bonchev–Trinajstić information content (AvgIpc) is 2.86. The molecule has 29 heavy (non-hydrogen) atoms. The van der Waals surface area contributed by atoms with Crippen molar-refractivity contribution in [1.82, 2.24) is 5.32 Å². The van der Waals surface area contributed by atoms with Crippen molar-refractivity contribution in [2.75, 3.05) is 24.5 Å². The predicted molar refractivity (Wildman–Crippen MR) is 114 cm³/mol. The Hall–Kier alpha value is -2.20. The van der Waals surface area contributed by atoms with E-state index in [0.717, 1.165) is 38.9 Å². The van der Waals surface area contributed by atoms with Crippen molar-refractivity contribution in [3.63, 3.8) is 0 Å². The van der Waals surface area contributed by atoms with Crippen LogP contribution in [0.5, 0.6) is 0 Å². The summed E-state index contributed by atoms with van der Waals surface area (Å²) in [7, 11) is 0. The van der Waals surface area contributed by atoms with Gasteiger partial charge in [-0.25, -0.2) is 4.39 Å². The van der Waals surface area contributed by atoms with Gasteiger partial charge in [0.1, 0.15) is 5.82 Å². The Bertz CT molecular complexity index is 910. The molecule has 2 aromatic rings. The molecule has 4 heteroatoms. The first kappa shape index (κ1) is 18.8. The molecular formula is C25H29FN2O. The topological polar surface area (TPSA) is 32.3 Å². The van der Waals surface area contributed by atoms with E-state index >= 15 is 0 Å². The number of nitrogens with one attached hydrogen (secondary N) is 1. The van der Waals surface area contributed by atoms with Crippen LogP contribution in [0.1, 0.15) is 65.9 Å². The minimum atomic E-state index is -0.293. The number of benzene rings is 2. The second kappa shape index (κ2) is 7.56. The van der Waals surface area contributed by atoms with Gasteiger partial charge in [0.2, 0.25) is 0 Å². The fourth-order valence-corrected chi connectivity index (χ4v) is 5.97. The molecule has 3 nitrogen and oxygen atoms in total. The number of piperidine rings is 1. The number of hydrogen-bond acceptors (Lipinski definition) is 3. The number of halogens is 1. The summed E-state index contributed by atoms with van der Waals surface area (Å²) < 4.78 is 13.2. The van der Waals surface area contributed by atoms with E-state index in [9.17, 15) is 9.18 Å². The van der Waals surface area contributed by atoms with Crippen molar-refractivity contribution in [3.8, 4) is 0 Å². The van der Waals surface area contributed by atoms with Crippen LogP contribution in [0.15, 0.2) is 42.5 Å². The third kappa shape index (κ3) is 3.18. The first-order valence-electron chi connectivity index (χ1n) is 11.1. The SMILES string of the molecule is O=C(CCC[C@]12CCNC[C@H]1c1cccc3c1N2CCCC3)c1ccc(F)cc1. The number of rotatable bonds is 5. The molecule has 1 N–H and O–H groups in total. The van der Waals surface area contributed by atoms with E-state index in [0.29, 0.717) is 17.9 Å². The Morgan fingerprint density at radius 3 is 2.90 bits per heavy atom. The lowest BCUT2D eigenvalue weighted by Gasteiger charge is -2.47. The molecule has 1 fully saturated rings. The van der Waals surface area contributed by atoms with Gasteiger partial charge in [-0.15, -0.1) is 0 Å². The first-order chi connectivity index (χ1) is 14.2. The zero-order chi connectivity index (χ0) is 19.8. The van der Waals surface area contributed by atoms with Gasteiger partial charge >= 0.3 is 0 Å². The van der Waals surface area contributed by atoms with Crippen molar-refractivity contribution < 1.29 is 9.18 Å². The van der Waals surface area contributed by atoms with Gasteiger partial charge in [0.05, 0.1) is 0 Å². The molecule has 2 aromatic carbocycles. The van der Waals surface area contributed by atoms with Gasteiger partial charge in [0.15, 0.2) is 5.78 Å². The summed E-state index contributed by atoms with van der Waals surface area (Å²) in [5.74, 6) is 0.336. The molecule has 2 atom stereocenters. The third-order valence-electron chi connectivity index (χ3n) is 7.32. The highest BCUT2D eigenvalue weighted by Crippen LogP contribution is 2.54. The number of nitrogens with zero attached hydrogens (tertiary/aromatic N) is 1. The summed E-state index contributed by atoms with van der Waals surface area (Å²) >= 11 is 0. The summed E-state index contributed by atoms with van der Waals surface area (Å²) in [6.07, 6.45) is 7.27. The molecular weight excluding hydrogens is 363 g/mol. The van der Waals surface area contributed by atoms with Crippen LogP contribution >= 0.6 is 0 Å². The maximum atomic E-state index is 13.2. The number of Topliss-reactive ketones (excluding diaryl/α,β-unsaturated/α-hetero) is 1. The molecule has 0 bridgehead atoms. The minimum absolute atomic E-state index is 0.124. The van der Waals surface area contributed by atoms with Crippen LogP contribution in [0.25, 0.3) is 0 Å². The molecule has 0 amide bonds. The summed E-state index contributed by atoms with van der Waals surface area (Å²) in [6, 6.07) is 12.8. The quantitative estimate of drug-likeness (QED) is 0.738. The summed E-state index contributed by atoms with van der Waals surface area (Å²) in [5.41, 5.74) is 5.29. The summed E-state index contributed by atoms with van der Waals surface area (Å²) in [5, 5.41) is 3.62. The van der Waals surface area contributed by atoms with Crippen LogP contribution < -0.4 is 10.2 Å². The first-order valence-corrected chi connectivity index (χ1v) is 11.1. The molecule has 3 aliphatic heterocycles. The molecule has 5 rings (SSSR count). The van der Waals surface area contributed by atoms with E-state index < -0.39 is 0 Å². The molecule has 0 unspecified atom stereocenters. The van der Waals surface area contributed by atoms with Crippen LogP contribution in [-0.2, 0) is 6.42 Å². The Labute approximate surface area is 172 Å². The molecule has 0 radical (unpaired) electrons. The average molecular weight is 393 g/mol. The lowest BCUT2D eigenvalue weighted by Crippen LogP contribution is -2.56. The van der Waals surface area contributed by atoms with Gasteiger partial charge in [0, 0.05) is 42.2 Å². The van der Waals surface area contributed by atoms with Crippen molar-refractivity contribution in [1.29, 1.82) is 0 Å². The summed E-state index contributed by atoms with van der Waals surface area (Å²) in [4.78, 5) is 15.4. The van der Waals surface area contributed by atoms with E-state index in [1.807, 2.05) is 0 Å². The number of fused-ring (bicyclic) bond motifs is 3. The maximum Gasteiger partial charge on any atom is 0.162 e. The standard InChI is InChI=1S/C25H29FN2O/c26-20-11-9-18(10-12-20)23(29)8-4-13-25-14-15-27-17-22(25)21-7-3-6-19-5-1-2-16-28(25)24(19)21/h3,6-7,9-12,22,27H,1-2,4-5,8,13-17H2/t22-,25-/m0/s1. The molecule has 0 saturated carbocycles. The molecule has 3 aliphatic rings. The Balaban J connectivity index is 1.38. The highest BCUT2D eigenvalue weighted by molar-refractivity contribution is 5.96. The Morgan fingerprint density at radius 1 is 1.17 bits per heavy atom. The van der Waals surface area contributed by atoms with Crippen molar-refractivity contribution >= 4 is 11.5 Å². The minimum Gasteiger partial charge on any atom is -0.365 e. The molecule has 0 aliphatic carbocycles. The van der Waals surface area contributed by atoms with E-state index in [2.05, 4.69) is 28.4 Å². The Morgan fingerprint density at radius 2 is 2.03 bits per heavy atom. The predicted octanol–water partition coefficient (Wildman–Crippen LogP) is 4.85. The zero-order valence-corrected chi connectivity index (χ0v) is 16.9. The molecule has 152 valence electrons. The fraction of sp³-hybridized carbons (Fsp3) is 0.480. The number of para-hydroxylation sites is 1. The molecule has 0 aromatic heterocycles. The van der Waals surface area contributed by atoms with Gasteiger partial charge in [-0.1, -0.05) is 18.2 Å². The van der Waals surface area contributed by atoms with E-state index in [4.69, 9.17) is 0 Å². The molecule has 3 heterocycles. The highest BCUT2D eigenvalue weighted by atomic mass is 19.1. The van der Waals surface area contributed by atoms with Crippen LogP contribution in [0.2, 0.25) is 0 Å². The van der Waals surface area contributed by atoms with Crippen LogP contribution in [0, 0.1) is 5.82 Å². The lowest BCUT2D eigenvalue weighted by atomic mass is 9.73. The number of aryl methyl sites for hydroxylation is 1. The van der Waals surface area contributed by atoms with Gasteiger partial charge in [-0.2, -0.15) is 0 Å². The smallest absolute Gasteiger partial charge is 0.162 e. The zero-order valence-electron chi connectivity index (χ0n) is 16.9. The number of ketones is 1. The van der Waals surface area contributed by atoms with Gasteiger partial charge < -0.3 is 10.2 Å². The highest BCUT2D eigenvalue weighted by Gasteiger charge is 2.52. The second-order valence-corrected chi connectivity index (χ2v) is 8.86. The Kier molecular flexibility index (Phi) is 4.91. The number of carbonyl (C=O) groups excluding carboxylic acids is 1. The van der Waals surface area contributed by atoms with Crippen LogP contribution in [-0.4, -0.2) is 31.0 Å². The van der Waals surface area contributed by atoms with Gasteiger partial charge in [0.25, 0.3) is 0 Å².